The van der Waals surface area contributed by atoms with Crippen LogP contribution in [-0.4, -0.2) is 43.1 Å². The van der Waals surface area contributed by atoms with Gasteiger partial charge in [0.25, 0.3) is 0 Å². The minimum atomic E-state index is -0.305. The lowest BCUT2D eigenvalue weighted by Gasteiger charge is -2.39. The van der Waals surface area contributed by atoms with E-state index < -0.39 is 0 Å². The molecule has 2 fully saturated rings. The summed E-state index contributed by atoms with van der Waals surface area (Å²) >= 11 is 0. The van der Waals surface area contributed by atoms with Crippen LogP contribution in [0.1, 0.15) is 66.2 Å². The van der Waals surface area contributed by atoms with Crippen molar-refractivity contribution in [3.8, 4) is 0 Å². The number of hydrogen-bond acceptors (Lipinski definition) is 2. The van der Waals surface area contributed by atoms with E-state index in [1.165, 1.54) is 32.2 Å². The molecule has 3 nitrogen and oxygen atoms in total. The fourth-order valence-corrected chi connectivity index (χ4v) is 4.55. The van der Waals surface area contributed by atoms with Crippen LogP contribution in [0.2, 0.25) is 0 Å². The molecule has 2 rings (SSSR count). The molecular formula is C18H36NO2+. The van der Waals surface area contributed by atoms with E-state index in [0.29, 0.717) is 24.2 Å². The zero-order valence-electron chi connectivity index (χ0n) is 14.5. The number of hydrogen-bond donors (Lipinski definition) is 2. The predicted octanol–water partition coefficient (Wildman–Crippen LogP) is 2.04. The molecule has 1 saturated carbocycles. The minimum absolute atomic E-state index is 0.305. The van der Waals surface area contributed by atoms with E-state index in [4.69, 9.17) is 4.74 Å². The van der Waals surface area contributed by atoms with Crippen LogP contribution in [0.15, 0.2) is 0 Å². The lowest BCUT2D eigenvalue weighted by molar-refractivity contribution is -0.931. The van der Waals surface area contributed by atoms with Gasteiger partial charge in [-0.3, -0.25) is 0 Å². The highest BCUT2D eigenvalue weighted by Crippen LogP contribution is 2.39. The molecule has 1 saturated heterocycles. The summed E-state index contributed by atoms with van der Waals surface area (Å²) in [5, 5.41) is 10.3. The Hall–Kier alpha value is -0.120. The van der Waals surface area contributed by atoms with Crippen LogP contribution in [-0.2, 0) is 4.74 Å². The van der Waals surface area contributed by atoms with Crippen LogP contribution >= 0.6 is 0 Å². The van der Waals surface area contributed by atoms with Gasteiger partial charge >= 0.3 is 0 Å². The Morgan fingerprint density at radius 1 is 1.24 bits per heavy atom. The van der Waals surface area contributed by atoms with Crippen molar-refractivity contribution in [1.82, 2.24) is 0 Å². The van der Waals surface area contributed by atoms with E-state index in [1.54, 1.807) is 4.90 Å². The predicted molar refractivity (Wildman–Crippen MR) is 86.6 cm³/mol. The van der Waals surface area contributed by atoms with Crippen molar-refractivity contribution in [3.05, 3.63) is 0 Å². The number of piperidine rings is 1. The van der Waals surface area contributed by atoms with E-state index in [-0.39, 0.29) is 6.10 Å². The topological polar surface area (TPSA) is 33.9 Å². The van der Waals surface area contributed by atoms with Crippen molar-refractivity contribution in [2.24, 2.45) is 11.3 Å². The first-order valence-electron chi connectivity index (χ1n) is 9.00. The van der Waals surface area contributed by atoms with Gasteiger partial charge in [0.2, 0.25) is 0 Å². The molecule has 124 valence electrons. The van der Waals surface area contributed by atoms with Crippen LogP contribution < -0.4 is 4.90 Å². The van der Waals surface area contributed by atoms with Gasteiger partial charge in [0.15, 0.2) is 0 Å². The van der Waals surface area contributed by atoms with Crippen LogP contribution in [0.5, 0.6) is 0 Å². The SMILES string of the molecule is C[C@H]1C[C@H](OC[C@H](O)C[NH+]2CCCC[C@@H]2C)CC(C)(C)C1. The second-order valence-corrected chi connectivity index (χ2v) is 8.53. The van der Waals surface area contributed by atoms with Gasteiger partial charge in [0.05, 0.1) is 25.3 Å². The Labute approximate surface area is 131 Å². The van der Waals surface area contributed by atoms with Crippen molar-refractivity contribution < 1.29 is 14.7 Å². The molecule has 1 aliphatic heterocycles. The lowest BCUT2D eigenvalue weighted by Crippen LogP contribution is -3.17. The number of aliphatic hydroxyl groups excluding tert-OH is 1. The third-order valence-corrected chi connectivity index (χ3v) is 5.45. The summed E-state index contributed by atoms with van der Waals surface area (Å²) in [4.78, 5) is 1.56. The van der Waals surface area contributed by atoms with E-state index in [1.807, 2.05) is 0 Å². The molecule has 0 amide bonds. The molecule has 3 heteroatoms. The first kappa shape index (κ1) is 17.2. The molecule has 1 aliphatic carbocycles. The number of ether oxygens (including phenoxy) is 1. The smallest absolute Gasteiger partial charge is 0.126 e. The van der Waals surface area contributed by atoms with Gasteiger partial charge in [-0.15, -0.1) is 0 Å². The van der Waals surface area contributed by atoms with Gasteiger partial charge in [-0.25, -0.2) is 0 Å². The summed E-state index contributed by atoms with van der Waals surface area (Å²) in [5.41, 5.74) is 0.389. The second-order valence-electron chi connectivity index (χ2n) is 8.53. The average molecular weight is 298 g/mol. The third kappa shape index (κ3) is 5.54. The van der Waals surface area contributed by atoms with Crippen LogP contribution in [0.4, 0.5) is 0 Å². The van der Waals surface area contributed by atoms with Crippen LogP contribution in [0, 0.1) is 11.3 Å². The molecule has 2 N–H and O–H groups in total. The highest BCUT2D eigenvalue weighted by Gasteiger charge is 2.33. The molecule has 0 radical (unpaired) electrons. The van der Waals surface area contributed by atoms with Gasteiger partial charge < -0.3 is 14.7 Å². The Morgan fingerprint density at radius 2 is 2.00 bits per heavy atom. The molecule has 21 heavy (non-hydrogen) atoms. The van der Waals surface area contributed by atoms with E-state index in [0.717, 1.165) is 25.3 Å². The molecular weight excluding hydrogens is 262 g/mol. The Bertz CT molecular complexity index is 318. The fourth-order valence-electron chi connectivity index (χ4n) is 4.55. The third-order valence-electron chi connectivity index (χ3n) is 5.45. The summed E-state index contributed by atoms with van der Waals surface area (Å²) < 4.78 is 6.06. The fraction of sp³-hybridized carbons (Fsp3) is 1.00. The maximum atomic E-state index is 10.3. The molecule has 1 heterocycles. The monoisotopic (exact) mass is 298 g/mol. The summed E-state index contributed by atoms with van der Waals surface area (Å²) in [6.07, 6.45) is 7.59. The molecule has 5 atom stereocenters. The largest absolute Gasteiger partial charge is 0.385 e. The molecule has 0 aromatic carbocycles. The number of quaternary nitrogens is 1. The highest BCUT2D eigenvalue weighted by molar-refractivity contribution is 4.83. The summed E-state index contributed by atoms with van der Waals surface area (Å²) in [6, 6.07) is 0.696. The molecule has 0 aromatic rings. The molecule has 0 bridgehead atoms. The quantitative estimate of drug-likeness (QED) is 0.814. The van der Waals surface area contributed by atoms with E-state index in [2.05, 4.69) is 27.7 Å². The maximum Gasteiger partial charge on any atom is 0.126 e. The van der Waals surface area contributed by atoms with Gasteiger partial charge in [-0.05, 0) is 56.8 Å². The van der Waals surface area contributed by atoms with Gasteiger partial charge in [-0.1, -0.05) is 20.8 Å². The van der Waals surface area contributed by atoms with Crippen molar-refractivity contribution in [3.63, 3.8) is 0 Å². The normalized spacial score (nSPS) is 38.1. The first-order chi connectivity index (χ1) is 9.85. The number of aliphatic hydroxyl groups is 1. The van der Waals surface area contributed by atoms with Crippen LogP contribution in [0.3, 0.4) is 0 Å². The Morgan fingerprint density at radius 3 is 2.67 bits per heavy atom. The highest BCUT2D eigenvalue weighted by atomic mass is 16.5. The number of rotatable bonds is 5. The Balaban J connectivity index is 1.72. The second kappa shape index (κ2) is 7.43. The molecule has 1 unspecified atom stereocenters. The first-order valence-corrected chi connectivity index (χ1v) is 9.00. The minimum Gasteiger partial charge on any atom is -0.385 e. The van der Waals surface area contributed by atoms with Crippen molar-refractivity contribution in [2.45, 2.75) is 84.5 Å². The van der Waals surface area contributed by atoms with Crippen molar-refractivity contribution in [1.29, 1.82) is 0 Å². The zero-order valence-corrected chi connectivity index (χ0v) is 14.5. The summed E-state index contributed by atoms with van der Waals surface area (Å²) in [7, 11) is 0. The summed E-state index contributed by atoms with van der Waals surface area (Å²) in [5.74, 6) is 0.739. The van der Waals surface area contributed by atoms with Gasteiger partial charge in [0, 0.05) is 0 Å². The molecule has 0 aromatic heterocycles. The van der Waals surface area contributed by atoms with Crippen LogP contribution in [0.25, 0.3) is 0 Å². The van der Waals surface area contributed by atoms with Gasteiger partial charge in [-0.2, -0.15) is 0 Å². The van der Waals surface area contributed by atoms with Gasteiger partial charge in [0.1, 0.15) is 12.6 Å². The average Bonchev–Trinajstić information content (AvgIpc) is 2.37. The zero-order chi connectivity index (χ0) is 15.5. The van der Waals surface area contributed by atoms with Crippen molar-refractivity contribution >= 4 is 0 Å². The van der Waals surface area contributed by atoms with E-state index >= 15 is 0 Å². The van der Waals surface area contributed by atoms with Crippen molar-refractivity contribution in [2.75, 3.05) is 19.7 Å². The van der Waals surface area contributed by atoms with E-state index in [9.17, 15) is 5.11 Å². The maximum absolute atomic E-state index is 10.3. The Kier molecular flexibility index (Phi) is 6.10. The number of likely N-dealkylation sites (tertiary alicyclic amines) is 1. The summed E-state index contributed by atoms with van der Waals surface area (Å²) in [6.45, 7) is 11.9. The molecule has 2 aliphatic rings. The lowest BCUT2D eigenvalue weighted by atomic mass is 9.71. The number of nitrogens with one attached hydrogen (secondary N) is 1. The molecule has 0 spiro atoms. The standard InChI is InChI=1S/C18H35NO2/c1-14-9-17(11-18(3,4)10-14)21-13-16(20)12-19-8-6-5-7-15(19)2/h14-17,20H,5-13H2,1-4H3/p+1/t14-,15-,16+,17-/m0/s1.